The minimum absolute atomic E-state index is 0.0259. The molecule has 3 aromatic rings. The van der Waals surface area contributed by atoms with E-state index in [1.54, 1.807) is 0 Å². The second-order valence-electron chi connectivity index (χ2n) is 6.46. The number of rotatable bonds is 9. The number of hydrogen-bond acceptors (Lipinski definition) is 6. The molecule has 2 N–H and O–H groups in total. The molecule has 5 nitrogen and oxygen atoms in total. The molecule has 1 heterocycles. The molecule has 0 spiro atoms. The Kier molecular flexibility index (Phi) is 6.92. The molecular weight excluding hydrogens is 358 g/mol. The summed E-state index contributed by atoms with van der Waals surface area (Å²) in [6.45, 7) is 2.90. The monoisotopic (exact) mass is 383 g/mol. The molecule has 142 valence electrons. The molecule has 0 saturated carbocycles. The van der Waals surface area contributed by atoms with Gasteiger partial charge in [-0.25, -0.2) is 0 Å². The van der Waals surface area contributed by atoms with Crippen LogP contribution in [-0.4, -0.2) is 33.2 Å². The van der Waals surface area contributed by atoms with Gasteiger partial charge in [-0.3, -0.25) is 0 Å². The van der Waals surface area contributed by atoms with E-state index in [0.29, 0.717) is 6.42 Å². The van der Waals surface area contributed by atoms with E-state index in [4.69, 9.17) is 0 Å². The minimum atomic E-state index is -0.642. The van der Waals surface area contributed by atoms with Crippen LogP contribution in [0.2, 0.25) is 0 Å². The average molecular weight is 384 g/mol. The maximum absolute atomic E-state index is 10.8. The SMILES string of the molecule is CCCCN(c1nnc(-c2ccc(CO)cc2)s1)C(O)Cc1ccccc1. The van der Waals surface area contributed by atoms with Gasteiger partial charge in [0.2, 0.25) is 5.13 Å². The van der Waals surface area contributed by atoms with Gasteiger partial charge < -0.3 is 15.1 Å². The molecule has 6 heteroatoms. The normalized spacial score (nSPS) is 12.1. The third-order valence-electron chi connectivity index (χ3n) is 4.42. The maximum Gasteiger partial charge on any atom is 0.210 e. The van der Waals surface area contributed by atoms with Crippen molar-refractivity contribution in [2.45, 2.75) is 39.0 Å². The second-order valence-corrected chi connectivity index (χ2v) is 7.42. The van der Waals surface area contributed by atoms with Gasteiger partial charge in [0.1, 0.15) is 11.2 Å². The van der Waals surface area contributed by atoms with Crippen molar-refractivity contribution in [3.8, 4) is 10.6 Å². The van der Waals surface area contributed by atoms with Crippen LogP contribution in [0.4, 0.5) is 5.13 Å². The molecule has 0 bridgehead atoms. The van der Waals surface area contributed by atoms with E-state index in [1.165, 1.54) is 11.3 Å². The van der Waals surface area contributed by atoms with Crippen molar-refractivity contribution in [1.82, 2.24) is 10.2 Å². The number of aromatic nitrogens is 2. The lowest BCUT2D eigenvalue weighted by atomic mass is 10.1. The van der Waals surface area contributed by atoms with Crippen LogP contribution in [0.5, 0.6) is 0 Å². The number of nitrogens with zero attached hydrogens (tertiary/aromatic N) is 3. The van der Waals surface area contributed by atoms with Crippen LogP contribution >= 0.6 is 11.3 Å². The highest BCUT2D eigenvalue weighted by Gasteiger charge is 2.21. The smallest absolute Gasteiger partial charge is 0.210 e. The third-order valence-corrected chi connectivity index (χ3v) is 5.43. The van der Waals surface area contributed by atoms with E-state index in [0.717, 1.165) is 46.2 Å². The predicted octanol–water partition coefficient (Wildman–Crippen LogP) is 3.87. The van der Waals surface area contributed by atoms with Crippen LogP contribution < -0.4 is 4.90 Å². The summed E-state index contributed by atoms with van der Waals surface area (Å²) in [5.41, 5.74) is 2.92. The van der Waals surface area contributed by atoms with E-state index in [1.807, 2.05) is 59.5 Å². The number of benzene rings is 2. The van der Waals surface area contributed by atoms with Gasteiger partial charge in [0, 0.05) is 18.5 Å². The fourth-order valence-electron chi connectivity index (χ4n) is 2.84. The minimum Gasteiger partial charge on any atom is -0.392 e. The third kappa shape index (κ3) is 5.13. The van der Waals surface area contributed by atoms with Gasteiger partial charge in [-0.2, -0.15) is 0 Å². The summed E-state index contributed by atoms with van der Waals surface area (Å²) in [7, 11) is 0. The first-order chi connectivity index (χ1) is 13.2. The van der Waals surface area contributed by atoms with E-state index < -0.39 is 6.23 Å². The summed E-state index contributed by atoms with van der Waals surface area (Å²) in [6.07, 6.45) is 1.93. The van der Waals surface area contributed by atoms with Crippen molar-refractivity contribution in [3.63, 3.8) is 0 Å². The lowest BCUT2D eigenvalue weighted by Crippen LogP contribution is -2.37. The molecule has 0 saturated heterocycles. The lowest BCUT2D eigenvalue weighted by Gasteiger charge is -2.27. The average Bonchev–Trinajstić information content (AvgIpc) is 3.19. The van der Waals surface area contributed by atoms with Crippen LogP contribution in [0.3, 0.4) is 0 Å². The fourth-order valence-corrected chi connectivity index (χ4v) is 3.76. The van der Waals surface area contributed by atoms with E-state index in [9.17, 15) is 10.2 Å². The van der Waals surface area contributed by atoms with Gasteiger partial charge >= 0.3 is 0 Å². The molecule has 1 unspecified atom stereocenters. The van der Waals surface area contributed by atoms with Crippen molar-refractivity contribution in [2.24, 2.45) is 0 Å². The summed E-state index contributed by atoms with van der Waals surface area (Å²) < 4.78 is 0. The molecule has 0 amide bonds. The Bertz CT molecular complexity index is 821. The molecule has 0 aliphatic carbocycles. The summed E-state index contributed by atoms with van der Waals surface area (Å²) in [5.74, 6) is 0. The van der Waals surface area contributed by atoms with Crippen molar-refractivity contribution in [2.75, 3.05) is 11.4 Å². The predicted molar refractivity (Wildman–Crippen MR) is 110 cm³/mol. The molecule has 2 aromatic carbocycles. The summed E-state index contributed by atoms with van der Waals surface area (Å²) in [6, 6.07) is 17.6. The first-order valence-corrected chi connectivity index (χ1v) is 10.0. The first-order valence-electron chi connectivity index (χ1n) is 9.23. The highest BCUT2D eigenvalue weighted by atomic mass is 32.1. The molecule has 27 heavy (non-hydrogen) atoms. The van der Waals surface area contributed by atoms with Crippen molar-refractivity contribution in [1.29, 1.82) is 0 Å². The van der Waals surface area contributed by atoms with Gasteiger partial charge in [-0.1, -0.05) is 79.3 Å². The Morgan fingerprint density at radius 1 is 1.00 bits per heavy atom. The topological polar surface area (TPSA) is 69.5 Å². The van der Waals surface area contributed by atoms with E-state index in [-0.39, 0.29) is 6.61 Å². The Morgan fingerprint density at radius 2 is 1.74 bits per heavy atom. The van der Waals surface area contributed by atoms with Crippen LogP contribution in [0.15, 0.2) is 54.6 Å². The first kappa shape index (κ1) is 19.5. The summed E-state index contributed by atoms with van der Waals surface area (Å²) in [5, 5.41) is 30.2. The van der Waals surface area contributed by atoms with E-state index >= 15 is 0 Å². The lowest BCUT2D eigenvalue weighted by molar-refractivity contribution is 0.168. The zero-order valence-corrected chi connectivity index (χ0v) is 16.3. The van der Waals surface area contributed by atoms with Gasteiger partial charge in [0.25, 0.3) is 0 Å². The molecule has 0 aliphatic rings. The molecular formula is C21H25N3O2S. The van der Waals surface area contributed by atoms with Crippen molar-refractivity contribution < 1.29 is 10.2 Å². The number of aliphatic hydroxyl groups excluding tert-OH is 2. The van der Waals surface area contributed by atoms with Gasteiger partial charge in [-0.15, -0.1) is 10.2 Å². The largest absolute Gasteiger partial charge is 0.392 e. The summed E-state index contributed by atoms with van der Waals surface area (Å²) >= 11 is 1.48. The molecule has 0 radical (unpaired) electrons. The fraction of sp³-hybridized carbons (Fsp3) is 0.333. The number of aliphatic hydroxyl groups is 2. The van der Waals surface area contributed by atoms with Crippen molar-refractivity contribution in [3.05, 3.63) is 65.7 Å². The molecule has 0 aliphatic heterocycles. The number of unbranched alkanes of at least 4 members (excludes halogenated alkanes) is 1. The quantitative estimate of drug-likeness (QED) is 0.549. The Hall–Kier alpha value is -2.28. The van der Waals surface area contributed by atoms with Crippen molar-refractivity contribution >= 4 is 16.5 Å². The maximum atomic E-state index is 10.8. The second kappa shape index (κ2) is 9.60. The molecule has 1 atom stereocenters. The van der Waals surface area contributed by atoms with Gasteiger partial charge in [0.15, 0.2) is 0 Å². The standard InChI is InChI=1S/C21H25N3O2S/c1-2-3-13-24(19(26)14-16-7-5-4-6-8-16)21-23-22-20(27-21)18-11-9-17(15-25)10-12-18/h4-12,19,25-26H,2-3,13-15H2,1H3. The van der Waals surface area contributed by atoms with E-state index in [2.05, 4.69) is 17.1 Å². The highest BCUT2D eigenvalue weighted by Crippen LogP contribution is 2.30. The zero-order chi connectivity index (χ0) is 19.1. The Labute approximate surface area is 163 Å². The van der Waals surface area contributed by atoms with Crippen LogP contribution in [0.1, 0.15) is 30.9 Å². The molecule has 1 aromatic heterocycles. The molecule has 0 fully saturated rings. The summed E-state index contributed by atoms with van der Waals surface area (Å²) in [4.78, 5) is 1.94. The zero-order valence-electron chi connectivity index (χ0n) is 15.5. The Balaban J connectivity index is 1.79. The van der Waals surface area contributed by atoms with Crippen LogP contribution in [-0.2, 0) is 13.0 Å². The van der Waals surface area contributed by atoms with Crippen LogP contribution in [0.25, 0.3) is 10.6 Å². The van der Waals surface area contributed by atoms with Gasteiger partial charge in [0.05, 0.1) is 6.61 Å². The Morgan fingerprint density at radius 3 is 2.41 bits per heavy atom. The van der Waals surface area contributed by atoms with Gasteiger partial charge in [-0.05, 0) is 17.5 Å². The van der Waals surface area contributed by atoms with Crippen LogP contribution in [0, 0.1) is 0 Å². The molecule has 3 rings (SSSR count). The number of anilines is 1. The highest BCUT2D eigenvalue weighted by molar-refractivity contribution is 7.18. The number of hydrogen-bond donors (Lipinski definition) is 2.